The van der Waals surface area contributed by atoms with Crippen LogP contribution in [0.1, 0.15) is 37.3 Å². The second kappa shape index (κ2) is 5.30. The Morgan fingerprint density at radius 2 is 2.31 bits per heavy atom. The molecule has 0 saturated heterocycles. The molecule has 1 aromatic heterocycles. The zero-order chi connectivity index (χ0) is 11.4. The number of aromatic nitrogens is 1. The molecule has 2 unspecified atom stereocenters. The largest absolute Gasteiger partial charge is 0.495 e. The van der Waals surface area contributed by atoms with Crippen LogP contribution in [0.25, 0.3) is 0 Å². The number of methoxy groups -OCH3 is 1. The Hall–Kier alpha value is -1.09. The number of pyridine rings is 1. The summed E-state index contributed by atoms with van der Waals surface area (Å²) in [6.07, 6.45) is 6.81. The second-order valence-electron chi connectivity index (χ2n) is 4.44. The SMILES string of the molecule is CNC1CCCC(c2ncccc2OC)C1. The van der Waals surface area contributed by atoms with Gasteiger partial charge < -0.3 is 10.1 Å². The molecule has 2 atom stereocenters. The molecule has 0 aliphatic heterocycles. The van der Waals surface area contributed by atoms with Crippen LogP contribution in [0.4, 0.5) is 0 Å². The average molecular weight is 220 g/mol. The van der Waals surface area contributed by atoms with Gasteiger partial charge in [0.2, 0.25) is 0 Å². The van der Waals surface area contributed by atoms with Gasteiger partial charge in [-0.3, -0.25) is 4.98 Å². The van der Waals surface area contributed by atoms with E-state index in [9.17, 15) is 0 Å². The van der Waals surface area contributed by atoms with Gasteiger partial charge in [-0.15, -0.1) is 0 Å². The van der Waals surface area contributed by atoms with Crippen LogP contribution >= 0.6 is 0 Å². The maximum atomic E-state index is 5.38. The quantitative estimate of drug-likeness (QED) is 0.849. The van der Waals surface area contributed by atoms with E-state index in [1.165, 1.54) is 25.7 Å². The van der Waals surface area contributed by atoms with Crippen LogP contribution in [-0.4, -0.2) is 25.2 Å². The summed E-state index contributed by atoms with van der Waals surface area (Å²) < 4.78 is 5.38. The van der Waals surface area contributed by atoms with Gasteiger partial charge in [-0.25, -0.2) is 0 Å². The number of hydrogen-bond acceptors (Lipinski definition) is 3. The molecule has 1 aliphatic carbocycles. The molecule has 3 heteroatoms. The van der Waals surface area contributed by atoms with Gasteiger partial charge in [0.25, 0.3) is 0 Å². The Morgan fingerprint density at radius 3 is 3.06 bits per heavy atom. The molecule has 1 heterocycles. The summed E-state index contributed by atoms with van der Waals surface area (Å²) in [7, 11) is 3.77. The molecular formula is C13H20N2O. The molecule has 3 nitrogen and oxygen atoms in total. The summed E-state index contributed by atoms with van der Waals surface area (Å²) in [5.41, 5.74) is 1.13. The molecule has 88 valence electrons. The Kier molecular flexibility index (Phi) is 3.78. The van der Waals surface area contributed by atoms with Crippen LogP contribution in [0.2, 0.25) is 0 Å². The third-order valence-corrected chi connectivity index (χ3v) is 3.49. The van der Waals surface area contributed by atoms with E-state index in [-0.39, 0.29) is 0 Å². The lowest BCUT2D eigenvalue weighted by Crippen LogP contribution is -2.30. The maximum absolute atomic E-state index is 5.38. The molecule has 0 bridgehead atoms. The van der Waals surface area contributed by atoms with Gasteiger partial charge in [0, 0.05) is 18.2 Å². The van der Waals surface area contributed by atoms with Crippen molar-refractivity contribution in [2.75, 3.05) is 14.2 Å². The summed E-state index contributed by atoms with van der Waals surface area (Å²) in [6, 6.07) is 4.57. The molecule has 1 fully saturated rings. The molecule has 1 saturated carbocycles. The van der Waals surface area contributed by atoms with Gasteiger partial charge in [0.15, 0.2) is 0 Å². The number of rotatable bonds is 3. The van der Waals surface area contributed by atoms with Crippen molar-refractivity contribution in [2.24, 2.45) is 0 Å². The van der Waals surface area contributed by atoms with Crippen LogP contribution < -0.4 is 10.1 Å². The third-order valence-electron chi connectivity index (χ3n) is 3.49. The van der Waals surface area contributed by atoms with Crippen LogP contribution in [0.15, 0.2) is 18.3 Å². The first-order valence-corrected chi connectivity index (χ1v) is 6.01. The predicted molar refractivity (Wildman–Crippen MR) is 64.8 cm³/mol. The lowest BCUT2D eigenvalue weighted by molar-refractivity contribution is 0.337. The van der Waals surface area contributed by atoms with Gasteiger partial charge in [-0.1, -0.05) is 6.42 Å². The lowest BCUT2D eigenvalue weighted by Gasteiger charge is -2.29. The molecule has 1 N–H and O–H groups in total. The molecule has 2 rings (SSSR count). The van der Waals surface area contributed by atoms with Crippen molar-refractivity contribution in [1.29, 1.82) is 0 Å². The van der Waals surface area contributed by atoms with Gasteiger partial charge in [-0.2, -0.15) is 0 Å². The predicted octanol–water partition coefficient (Wildman–Crippen LogP) is 2.34. The van der Waals surface area contributed by atoms with Crippen molar-refractivity contribution in [3.8, 4) is 5.75 Å². The van der Waals surface area contributed by atoms with E-state index < -0.39 is 0 Å². The molecule has 0 aromatic carbocycles. The van der Waals surface area contributed by atoms with Crippen molar-refractivity contribution in [2.45, 2.75) is 37.6 Å². The van der Waals surface area contributed by atoms with Crippen molar-refractivity contribution >= 4 is 0 Å². The van der Waals surface area contributed by atoms with Crippen molar-refractivity contribution in [1.82, 2.24) is 10.3 Å². The smallest absolute Gasteiger partial charge is 0.140 e. The highest BCUT2D eigenvalue weighted by Gasteiger charge is 2.25. The molecule has 1 aromatic rings. The first-order chi connectivity index (χ1) is 7.85. The highest BCUT2D eigenvalue weighted by molar-refractivity contribution is 5.30. The summed E-state index contributed by atoms with van der Waals surface area (Å²) in [6.45, 7) is 0. The Bertz CT molecular complexity index is 340. The Balaban J connectivity index is 2.16. The zero-order valence-electron chi connectivity index (χ0n) is 10.1. The van der Waals surface area contributed by atoms with E-state index in [2.05, 4.69) is 10.3 Å². The van der Waals surface area contributed by atoms with E-state index in [4.69, 9.17) is 4.74 Å². The minimum absolute atomic E-state index is 0.544. The Morgan fingerprint density at radius 1 is 1.44 bits per heavy atom. The normalized spacial score (nSPS) is 25.4. The van der Waals surface area contributed by atoms with Gasteiger partial charge in [-0.05, 0) is 38.4 Å². The molecule has 0 amide bonds. The average Bonchev–Trinajstić information content (AvgIpc) is 2.38. The van der Waals surface area contributed by atoms with Crippen LogP contribution in [-0.2, 0) is 0 Å². The molecule has 16 heavy (non-hydrogen) atoms. The second-order valence-corrected chi connectivity index (χ2v) is 4.44. The molecule has 0 spiro atoms. The summed E-state index contributed by atoms with van der Waals surface area (Å²) in [4.78, 5) is 4.49. The van der Waals surface area contributed by atoms with E-state index in [1.54, 1.807) is 7.11 Å². The standard InChI is InChI=1S/C13H20N2O/c1-14-11-6-3-5-10(9-11)13-12(16-2)7-4-8-15-13/h4,7-8,10-11,14H,3,5-6,9H2,1-2H3. The van der Waals surface area contributed by atoms with Crippen molar-refractivity contribution in [3.05, 3.63) is 24.0 Å². The monoisotopic (exact) mass is 220 g/mol. The number of nitrogens with zero attached hydrogens (tertiary/aromatic N) is 1. The highest BCUT2D eigenvalue weighted by Crippen LogP contribution is 2.35. The highest BCUT2D eigenvalue weighted by atomic mass is 16.5. The summed E-state index contributed by atoms with van der Waals surface area (Å²) in [5.74, 6) is 1.48. The number of hydrogen-bond donors (Lipinski definition) is 1. The Labute approximate surface area is 97.2 Å². The van der Waals surface area contributed by atoms with E-state index >= 15 is 0 Å². The summed E-state index contributed by atoms with van der Waals surface area (Å²) >= 11 is 0. The zero-order valence-corrected chi connectivity index (χ0v) is 10.1. The van der Waals surface area contributed by atoms with E-state index in [1.807, 2.05) is 25.4 Å². The van der Waals surface area contributed by atoms with Crippen LogP contribution in [0, 0.1) is 0 Å². The fourth-order valence-electron chi connectivity index (χ4n) is 2.58. The first-order valence-electron chi connectivity index (χ1n) is 6.01. The van der Waals surface area contributed by atoms with Crippen molar-refractivity contribution in [3.63, 3.8) is 0 Å². The minimum atomic E-state index is 0.544. The maximum Gasteiger partial charge on any atom is 0.140 e. The molecular weight excluding hydrogens is 200 g/mol. The molecule has 0 radical (unpaired) electrons. The van der Waals surface area contributed by atoms with E-state index in [0.717, 1.165) is 11.4 Å². The van der Waals surface area contributed by atoms with Crippen molar-refractivity contribution < 1.29 is 4.74 Å². The fourth-order valence-corrected chi connectivity index (χ4v) is 2.58. The van der Waals surface area contributed by atoms with Gasteiger partial charge in [0.1, 0.15) is 5.75 Å². The van der Waals surface area contributed by atoms with E-state index in [0.29, 0.717) is 12.0 Å². The lowest BCUT2D eigenvalue weighted by atomic mass is 9.83. The third kappa shape index (κ3) is 2.35. The van der Waals surface area contributed by atoms with Crippen LogP contribution in [0.5, 0.6) is 5.75 Å². The van der Waals surface area contributed by atoms with Gasteiger partial charge in [0.05, 0.1) is 12.8 Å². The van der Waals surface area contributed by atoms with Gasteiger partial charge >= 0.3 is 0 Å². The number of ether oxygens (including phenoxy) is 1. The van der Waals surface area contributed by atoms with Crippen LogP contribution in [0.3, 0.4) is 0 Å². The minimum Gasteiger partial charge on any atom is -0.495 e. The topological polar surface area (TPSA) is 34.2 Å². The summed E-state index contributed by atoms with van der Waals surface area (Å²) in [5, 5.41) is 3.37. The molecule has 1 aliphatic rings. The first kappa shape index (κ1) is 11.4. The number of nitrogens with one attached hydrogen (secondary N) is 1. The fraction of sp³-hybridized carbons (Fsp3) is 0.615.